The zero-order valence-corrected chi connectivity index (χ0v) is 13.9. The van der Waals surface area contributed by atoms with Gasteiger partial charge in [0.05, 0.1) is 12.2 Å². The molecule has 124 valence electrons. The number of nitrogens with zero attached hydrogens (tertiary/aromatic N) is 3. The quantitative estimate of drug-likeness (QED) is 0.888. The van der Waals surface area contributed by atoms with Crippen LogP contribution in [0.15, 0.2) is 36.9 Å². The fourth-order valence-electron chi connectivity index (χ4n) is 2.02. The lowest BCUT2D eigenvalue weighted by molar-refractivity contribution is 0.132. The second kappa shape index (κ2) is 7.13. The number of urea groups is 1. The number of carbonyl (C=O) groups is 1. The van der Waals surface area contributed by atoms with E-state index in [0.717, 1.165) is 0 Å². The fourth-order valence-corrected chi connectivity index (χ4v) is 2.02. The van der Waals surface area contributed by atoms with E-state index in [2.05, 4.69) is 20.7 Å². The summed E-state index contributed by atoms with van der Waals surface area (Å²) in [6, 6.07) is 6.99. The predicted octanol–water partition coefficient (Wildman–Crippen LogP) is 2.67. The van der Waals surface area contributed by atoms with Gasteiger partial charge in [-0.25, -0.2) is 9.78 Å². The van der Waals surface area contributed by atoms with E-state index in [1.54, 1.807) is 11.0 Å². The summed E-state index contributed by atoms with van der Waals surface area (Å²) in [5.74, 6) is 0.638. The van der Waals surface area contributed by atoms with E-state index in [4.69, 9.17) is 4.74 Å². The van der Waals surface area contributed by atoms with Crippen molar-refractivity contribution in [1.29, 1.82) is 0 Å². The Morgan fingerprint density at radius 3 is 2.74 bits per heavy atom. The van der Waals surface area contributed by atoms with Crippen molar-refractivity contribution in [3.63, 3.8) is 0 Å². The van der Waals surface area contributed by atoms with Gasteiger partial charge in [0.1, 0.15) is 24.0 Å². The maximum absolute atomic E-state index is 12.1. The molecule has 2 amide bonds. The molecular formula is C16H23N5O2. The number of anilines is 1. The second-order valence-corrected chi connectivity index (χ2v) is 6.33. The molecule has 23 heavy (non-hydrogen) atoms. The van der Waals surface area contributed by atoms with Crippen molar-refractivity contribution in [2.24, 2.45) is 0 Å². The molecule has 1 heterocycles. The molecule has 0 fully saturated rings. The topological polar surface area (TPSA) is 81.1 Å². The Balaban J connectivity index is 1.94. The summed E-state index contributed by atoms with van der Waals surface area (Å²) in [6.45, 7) is 8.34. The van der Waals surface area contributed by atoms with Gasteiger partial charge in [-0.3, -0.25) is 4.68 Å². The summed E-state index contributed by atoms with van der Waals surface area (Å²) >= 11 is 0. The zero-order valence-electron chi connectivity index (χ0n) is 13.9. The molecule has 0 spiro atoms. The highest BCUT2D eigenvalue weighted by Crippen LogP contribution is 2.27. The van der Waals surface area contributed by atoms with Gasteiger partial charge in [0.25, 0.3) is 0 Å². The lowest BCUT2D eigenvalue weighted by Gasteiger charge is -2.23. The van der Waals surface area contributed by atoms with Crippen molar-refractivity contribution >= 4 is 11.7 Å². The van der Waals surface area contributed by atoms with Crippen LogP contribution in [0.25, 0.3) is 0 Å². The molecule has 7 heteroatoms. The number of benzene rings is 1. The van der Waals surface area contributed by atoms with E-state index in [1.165, 1.54) is 6.33 Å². The monoisotopic (exact) mass is 317 g/mol. The first-order valence-corrected chi connectivity index (χ1v) is 7.51. The molecule has 1 aromatic carbocycles. The molecule has 0 radical (unpaired) electrons. The van der Waals surface area contributed by atoms with Gasteiger partial charge in [0.15, 0.2) is 0 Å². The van der Waals surface area contributed by atoms with Gasteiger partial charge < -0.3 is 15.4 Å². The Labute approximate surface area is 136 Å². The van der Waals surface area contributed by atoms with Crippen molar-refractivity contribution in [1.82, 2.24) is 20.1 Å². The number of hydrogen-bond donors (Lipinski definition) is 2. The molecule has 2 rings (SSSR count). The smallest absolute Gasteiger partial charge is 0.319 e. The average molecular weight is 317 g/mol. The molecule has 0 unspecified atom stereocenters. The van der Waals surface area contributed by atoms with Gasteiger partial charge in [-0.05, 0) is 39.8 Å². The predicted molar refractivity (Wildman–Crippen MR) is 88.5 cm³/mol. The van der Waals surface area contributed by atoms with Crippen LogP contribution in [0.1, 0.15) is 27.7 Å². The Hall–Kier alpha value is -2.57. The standard InChI is InChI=1S/C16H23N5O2/c1-12(9-21-11-17-10-18-21)19-15(22)20-13-7-5-6-8-14(13)23-16(2,3)4/h5-8,10-12H,9H2,1-4H3,(H2,19,20,22)/t12-/m1/s1. The summed E-state index contributed by atoms with van der Waals surface area (Å²) in [5.41, 5.74) is 0.294. The van der Waals surface area contributed by atoms with Gasteiger partial charge in [-0.2, -0.15) is 5.10 Å². The normalized spacial score (nSPS) is 12.5. The van der Waals surface area contributed by atoms with Crippen molar-refractivity contribution in [2.75, 3.05) is 5.32 Å². The maximum Gasteiger partial charge on any atom is 0.319 e. The number of hydrogen-bond acceptors (Lipinski definition) is 4. The van der Waals surface area contributed by atoms with Crippen LogP contribution in [0.4, 0.5) is 10.5 Å². The number of ether oxygens (including phenoxy) is 1. The van der Waals surface area contributed by atoms with Gasteiger partial charge in [-0.1, -0.05) is 12.1 Å². The molecule has 1 atom stereocenters. The molecular weight excluding hydrogens is 294 g/mol. The Morgan fingerprint density at radius 1 is 1.35 bits per heavy atom. The molecule has 1 aromatic heterocycles. The number of rotatable bonds is 5. The van der Waals surface area contributed by atoms with Crippen LogP contribution in [0.3, 0.4) is 0 Å². The molecule has 0 bridgehead atoms. The van der Waals surface area contributed by atoms with Gasteiger partial charge in [0, 0.05) is 6.04 Å². The van der Waals surface area contributed by atoms with Crippen LogP contribution in [0, 0.1) is 0 Å². The van der Waals surface area contributed by atoms with Crippen LogP contribution in [0.5, 0.6) is 5.75 Å². The van der Waals surface area contributed by atoms with E-state index in [0.29, 0.717) is 18.0 Å². The fraction of sp³-hybridized carbons (Fsp3) is 0.438. The van der Waals surface area contributed by atoms with Crippen molar-refractivity contribution in [3.8, 4) is 5.75 Å². The minimum atomic E-state index is -0.339. The van der Waals surface area contributed by atoms with E-state index in [9.17, 15) is 4.79 Å². The Bertz CT molecular complexity index is 634. The first-order chi connectivity index (χ1) is 10.8. The lowest BCUT2D eigenvalue weighted by atomic mass is 10.2. The number of para-hydroxylation sites is 2. The highest BCUT2D eigenvalue weighted by molar-refractivity contribution is 5.91. The highest BCUT2D eigenvalue weighted by atomic mass is 16.5. The molecule has 0 saturated heterocycles. The Morgan fingerprint density at radius 2 is 2.09 bits per heavy atom. The minimum Gasteiger partial charge on any atom is -0.486 e. The van der Waals surface area contributed by atoms with E-state index in [-0.39, 0.29) is 17.7 Å². The van der Waals surface area contributed by atoms with E-state index in [1.807, 2.05) is 52.0 Å². The van der Waals surface area contributed by atoms with Gasteiger partial charge in [-0.15, -0.1) is 0 Å². The number of amides is 2. The average Bonchev–Trinajstić information content (AvgIpc) is 2.91. The number of carbonyl (C=O) groups excluding carboxylic acids is 1. The van der Waals surface area contributed by atoms with Crippen LogP contribution >= 0.6 is 0 Å². The van der Waals surface area contributed by atoms with Crippen molar-refractivity contribution < 1.29 is 9.53 Å². The Kier molecular flexibility index (Phi) is 5.20. The molecule has 2 N–H and O–H groups in total. The first kappa shape index (κ1) is 16.8. The largest absolute Gasteiger partial charge is 0.486 e. The molecule has 0 aliphatic rings. The highest BCUT2D eigenvalue weighted by Gasteiger charge is 2.16. The summed E-state index contributed by atoms with van der Waals surface area (Å²) in [6.07, 6.45) is 3.08. The summed E-state index contributed by atoms with van der Waals surface area (Å²) in [4.78, 5) is 16.0. The van der Waals surface area contributed by atoms with E-state index < -0.39 is 0 Å². The number of aromatic nitrogens is 3. The van der Waals surface area contributed by atoms with Crippen LogP contribution < -0.4 is 15.4 Å². The van der Waals surface area contributed by atoms with Crippen LogP contribution in [-0.4, -0.2) is 32.4 Å². The summed E-state index contributed by atoms with van der Waals surface area (Å²) in [5, 5.41) is 9.70. The minimum absolute atomic E-state index is 0.0904. The molecule has 7 nitrogen and oxygen atoms in total. The first-order valence-electron chi connectivity index (χ1n) is 7.51. The number of nitrogens with one attached hydrogen (secondary N) is 2. The molecule has 0 aliphatic carbocycles. The summed E-state index contributed by atoms with van der Waals surface area (Å²) in [7, 11) is 0. The van der Waals surface area contributed by atoms with Crippen LogP contribution in [-0.2, 0) is 6.54 Å². The van der Waals surface area contributed by atoms with Gasteiger partial charge >= 0.3 is 6.03 Å². The summed E-state index contributed by atoms with van der Waals surface area (Å²) < 4.78 is 7.53. The van der Waals surface area contributed by atoms with Crippen molar-refractivity contribution in [2.45, 2.75) is 45.9 Å². The zero-order chi connectivity index (χ0) is 16.9. The van der Waals surface area contributed by atoms with Crippen molar-refractivity contribution in [3.05, 3.63) is 36.9 Å². The second-order valence-electron chi connectivity index (χ2n) is 6.33. The lowest BCUT2D eigenvalue weighted by Crippen LogP contribution is -2.38. The SMILES string of the molecule is C[C@H](Cn1cncn1)NC(=O)Nc1ccccc1OC(C)(C)C. The molecule has 0 saturated carbocycles. The third-order valence-electron chi connectivity index (χ3n) is 2.86. The van der Waals surface area contributed by atoms with E-state index >= 15 is 0 Å². The van der Waals surface area contributed by atoms with Gasteiger partial charge in [0.2, 0.25) is 0 Å². The van der Waals surface area contributed by atoms with Crippen LogP contribution in [0.2, 0.25) is 0 Å². The third-order valence-corrected chi connectivity index (χ3v) is 2.86. The molecule has 0 aliphatic heterocycles. The molecule has 2 aromatic rings. The maximum atomic E-state index is 12.1. The third kappa shape index (κ3) is 5.61.